The minimum atomic E-state index is 0. The Morgan fingerprint density at radius 1 is 0.882 bits per heavy atom. The molecule has 2 rings (SSSR count). The summed E-state index contributed by atoms with van der Waals surface area (Å²) in [5.41, 5.74) is 2.72. The smallest absolute Gasteiger partial charge is 0 e. The average Bonchev–Trinajstić information content (AvgIpc) is 2.92. The number of rotatable bonds is 2. The summed E-state index contributed by atoms with van der Waals surface area (Å²) in [4.78, 5) is 0. The normalized spacial score (nSPS) is 14.5. The van der Waals surface area contributed by atoms with Crippen LogP contribution in [0.3, 0.4) is 0 Å². The van der Waals surface area contributed by atoms with Crippen molar-refractivity contribution in [3.63, 3.8) is 0 Å². The van der Waals surface area contributed by atoms with Crippen molar-refractivity contribution in [1.29, 1.82) is 0 Å². The predicted molar refractivity (Wildman–Crippen MR) is 66.6 cm³/mol. The van der Waals surface area contributed by atoms with Gasteiger partial charge in [-0.15, -0.1) is 12.8 Å². The Labute approximate surface area is 122 Å². The zero-order chi connectivity index (χ0) is 10.2. The summed E-state index contributed by atoms with van der Waals surface area (Å²) in [6.07, 6.45) is 19.3. The van der Waals surface area contributed by atoms with E-state index in [9.17, 15) is 0 Å². The van der Waals surface area contributed by atoms with E-state index in [1.165, 1.54) is 11.1 Å². The molecule has 0 aromatic rings. The van der Waals surface area contributed by atoms with E-state index >= 15 is 0 Å². The maximum atomic E-state index is 3.21. The molecule has 96 valence electrons. The van der Waals surface area contributed by atoms with E-state index in [0.717, 1.165) is 25.7 Å². The van der Waals surface area contributed by atoms with Gasteiger partial charge in [-0.3, -0.25) is 21.6 Å². The molecule has 0 unspecified atom stereocenters. The van der Waals surface area contributed by atoms with Crippen molar-refractivity contribution in [2.24, 2.45) is 0 Å². The Bertz CT molecular complexity index is 259. The predicted octanol–water partition coefficient (Wildman–Crippen LogP) is 4.47. The van der Waals surface area contributed by atoms with Crippen LogP contribution in [0.25, 0.3) is 0 Å². The minimum Gasteiger partial charge on any atom is -0.270 e. The van der Waals surface area contributed by atoms with Crippen LogP contribution in [-0.2, 0) is 25.8 Å². The molecular formula is C14H20F2Hf-2. The first-order valence-corrected chi connectivity index (χ1v) is 5.39. The molecule has 3 heteroatoms. The SMILES string of the molecule is CCC1=[C-]CC=C1.CCC1=[C-]CC=C1.F.F.[Hf]. The van der Waals surface area contributed by atoms with Gasteiger partial charge in [-0.1, -0.05) is 26.7 Å². The second-order valence-corrected chi connectivity index (χ2v) is 3.32. The Morgan fingerprint density at radius 2 is 1.24 bits per heavy atom. The fraction of sp³-hybridized carbons (Fsp3) is 0.429. The van der Waals surface area contributed by atoms with Crippen LogP contribution in [-0.4, -0.2) is 0 Å². The first-order chi connectivity index (χ1) is 6.86. The summed E-state index contributed by atoms with van der Waals surface area (Å²) in [5.74, 6) is 0. The van der Waals surface area contributed by atoms with Crippen LogP contribution in [0.4, 0.5) is 9.41 Å². The van der Waals surface area contributed by atoms with E-state index in [2.05, 4.69) is 50.3 Å². The van der Waals surface area contributed by atoms with Gasteiger partial charge in [-0.2, -0.15) is 12.2 Å². The Balaban J connectivity index is -0.000000196. The molecule has 17 heavy (non-hydrogen) atoms. The molecule has 0 amide bonds. The molecule has 0 N–H and O–H groups in total. The zero-order valence-corrected chi connectivity index (χ0v) is 14.0. The van der Waals surface area contributed by atoms with Gasteiger partial charge < -0.3 is 0 Å². The third-order valence-electron chi connectivity index (χ3n) is 2.29. The molecule has 0 fully saturated rings. The molecule has 0 spiro atoms. The van der Waals surface area contributed by atoms with Crippen LogP contribution >= 0.6 is 0 Å². The summed E-state index contributed by atoms with van der Waals surface area (Å²) in [5, 5.41) is 0. The summed E-state index contributed by atoms with van der Waals surface area (Å²) in [7, 11) is 0. The van der Waals surface area contributed by atoms with Crippen molar-refractivity contribution >= 4 is 0 Å². The quantitative estimate of drug-likeness (QED) is 0.470. The van der Waals surface area contributed by atoms with Gasteiger partial charge in [0.15, 0.2) is 0 Å². The second-order valence-electron chi connectivity index (χ2n) is 3.32. The van der Waals surface area contributed by atoms with Crippen LogP contribution in [0.1, 0.15) is 39.5 Å². The maximum Gasteiger partial charge on any atom is 0 e. The van der Waals surface area contributed by atoms with Gasteiger partial charge >= 0.3 is 0 Å². The van der Waals surface area contributed by atoms with Crippen molar-refractivity contribution in [1.82, 2.24) is 0 Å². The van der Waals surface area contributed by atoms with Crippen molar-refractivity contribution in [3.05, 3.63) is 47.6 Å². The van der Waals surface area contributed by atoms with Gasteiger partial charge in [0, 0.05) is 25.8 Å². The third kappa shape index (κ3) is 9.40. The first kappa shape index (κ1) is 21.9. The molecule has 2 aliphatic carbocycles. The molecule has 0 saturated carbocycles. The number of hydrogen-bond acceptors (Lipinski definition) is 0. The molecule has 0 bridgehead atoms. The van der Waals surface area contributed by atoms with Crippen LogP contribution in [0.15, 0.2) is 35.5 Å². The standard InChI is InChI=1S/2C7H9.2FH.Hf/c2*1-2-7-5-3-4-6-7;;;/h2*3,5H,2,4H2,1H3;2*1H;/q2*-1;;;. The molecule has 0 heterocycles. The average molecular weight is 405 g/mol. The molecule has 0 aromatic carbocycles. The molecule has 0 atom stereocenters. The van der Waals surface area contributed by atoms with Gasteiger partial charge in [0.1, 0.15) is 0 Å². The summed E-state index contributed by atoms with van der Waals surface area (Å²) in [6, 6.07) is 0. The van der Waals surface area contributed by atoms with Crippen molar-refractivity contribution < 1.29 is 35.3 Å². The van der Waals surface area contributed by atoms with Crippen molar-refractivity contribution in [3.8, 4) is 0 Å². The van der Waals surface area contributed by atoms with Crippen LogP contribution in [0.2, 0.25) is 0 Å². The number of allylic oxidation sites excluding steroid dienone is 8. The number of halogens is 2. The van der Waals surface area contributed by atoms with Crippen LogP contribution in [0.5, 0.6) is 0 Å². The Morgan fingerprint density at radius 3 is 1.35 bits per heavy atom. The third-order valence-corrected chi connectivity index (χ3v) is 2.29. The molecule has 0 aromatic heterocycles. The van der Waals surface area contributed by atoms with E-state index in [1.807, 2.05) is 0 Å². The van der Waals surface area contributed by atoms with Crippen molar-refractivity contribution in [2.45, 2.75) is 39.5 Å². The van der Waals surface area contributed by atoms with Crippen LogP contribution in [0, 0.1) is 12.2 Å². The van der Waals surface area contributed by atoms with Crippen molar-refractivity contribution in [2.75, 3.05) is 0 Å². The fourth-order valence-electron chi connectivity index (χ4n) is 1.39. The largest absolute Gasteiger partial charge is 0.270 e. The van der Waals surface area contributed by atoms with E-state index < -0.39 is 0 Å². The molecule has 0 nitrogen and oxygen atoms in total. The van der Waals surface area contributed by atoms with E-state index in [-0.39, 0.29) is 35.3 Å². The van der Waals surface area contributed by atoms with Gasteiger partial charge in [0.25, 0.3) is 0 Å². The molecule has 2 aliphatic rings. The maximum absolute atomic E-state index is 3.21. The molecule has 0 saturated heterocycles. The van der Waals surface area contributed by atoms with Crippen LogP contribution < -0.4 is 0 Å². The molecule has 0 aliphatic heterocycles. The van der Waals surface area contributed by atoms with E-state index in [0.29, 0.717) is 0 Å². The fourth-order valence-corrected chi connectivity index (χ4v) is 1.39. The molecule has 0 radical (unpaired) electrons. The van der Waals surface area contributed by atoms with Gasteiger partial charge in [0.2, 0.25) is 0 Å². The topological polar surface area (TPSA) is 0 Å². The van der Waals surface area contributed by atoms with Gasteiger partial charge in [-0.05, 0) is 0 Å². The Hall–Kier alpha value is -0.310. The number of hydrogen-bond donors (Lipinski definition) is 0. The monoisotopic (exact) mass is 406 g/mol. The first-order valence-electron chi connectivity index (χ1n) is 5.39. The van der Waals surface area contributed by atoms with E-state index in [1.54, 1.807) is 0 Å². The summed E-state index contributed by atoms with van der Waals surface area (Å²) < 4.78 is 0. The summed E-state index contributed by atoms with van der Waals surface area (Å²) >= 11 is 0. The summed E-state index contributed by atoms with van der Waals surface area (Å²) in [6.45, 7) is 4.30. The zero-order valence-electron chi connectivity index (χ0n) is 10.5. The second kappa shape index (κ2) is 13.8. The Kier molecular flexibility index (Phi) is 17.7. The molecular weight excluding hydrogens is 385 g/mol. The van der Waals surface area contributed by atoms with E-state index in [4.69, 9.17) is 0 Å². The minimum absolute atomic E-state index is 0. The van der Waals surface area contributed by atoms with Gasteiger partial charge in [0.05, 0.1) is 0 Å². The van der Waals surface area contributed by atoms with Gasteiger partial charge in [-0.25, -0.2) is 23.3 Å².